The van der Waals surface area contributed by atoms with E-state index in [2.05, 4.69) is 10.8 Å². The van der Waals surface area contributed by atoms with Crippen molar-refractivity contribution in [1.29, 1.82) is 0 Å². The molecule has 0 aromatic heterocycles. The van der Waals surface area contributed by atoms with E-state index in [9.17, 15) is 16.8 Å². The molecule has 1 aromatic rings. The summed E-state index contributed by atoms with van der Waals surface area (Å²) in [6.07, 6.45) is 1.38. The van der Waals surface area contributed by atoms with Crippen molar-refractivity contribution < 1.29 is 55.1 Å². The average molecular weight is 345 g/mol. The van der Waals surface area contributed by atoms with Gasteiger partial charge >= 0.3 is 40.0 Å². The molecule has 0 saturated heterocycles. The molecular formula is C11H16NNaO6S2. The van der Waals surface area contributed by atoms with Crippen LogP contribution >= 0.6 is 0 Å². The number of hydrogen-bond donors (Lipinski definition) is 2. The normalized spacial score (nSPS) is 11.8. The van der Waals surface area contributed by atoms with Crippen LogP contribution in [0.4, 0.5) is 5.69 Å². The molecule has 1 atom stereocenters. The minimum absolute atomic E-state index is 0. The van der Waals surface area contributed by atoms with Crippen LogP contribution in [0.15, 0.2) is 36.9 Å². The third-order valence-electron chi connectivity index (χ3n) is 1.95. The Kier molecular flexibility index (Phi) is 12.2. The monoisotopic (exact) mass is 345 g/mol. The first-order chi connectivity index (χ1) is 9.21. The molecule has 3 N–H and O–H groups in total. The van der Waals surface area contributed by atoms with Crippen LogP contribution in [-0.4, -0.2) is 19.6 Å². The third-order valence-corrected chi connectivity index (χ3v) is 3.37. The predicted octanol–water partition coefficient (Wildman–Crippen LogP) is -1.37. The van der Waals surface area contributed by atoms with Gasteiger partial charge in [0.05, 0.1) is 6.61 Å². The van der Waals surface area contributed by atoms with Gasteiger partial charge in [0.2, 0.25) is 0 Å². The van der Waals surface area contributed by atoms with Gasteiger partial charge in [-0.3, -0.25) is 4.55 Å². The van der Waals surface area contributed by atoms with Crippen LogP contribution in [0, 0.1) is 0 Å². The molecule has 21 heavy (non-hydrogen) atoms. The summed E-state index contributed by atoms with van der Waals surface area (Å²) < 4.78 is 52.1. The van der Waals surface area contributed by atoms with Gasteiger partial charge < -0.3 is 14.2 Å². The Hall–Kier alpha value is -0.420. The Bertz CT molecular complexity index is 590. The second-order valence-corrected chi connectivity index (χ2v) is 5.54. The fourth-order valence-electron chi connectivity index (χ4n) is 1.16. The maximum Gasteiger partial charge on any atom is 1.00 e. The van der Waals surface area contributed by atoms with Crippen LogP contribution in [0.2, 0.25) is 0 Å². The fraction of sp³-hybridized carbons (Fsp3) is 0.273. The van der Waals surface area contributed by atoms with E-state index in [4.69, 9.17) is 10.3 Å². The zero-order chi connectivity index (χ0) is 15.8. The first-order valence-corrected chi connectivity index (χ1v) is 7.89. The molecule has 0 spiro atoms. The zero-order valence-electron chi connectivity index (χ0n) is 11.8. The fourth-order valence-corrected chi connectivity index (χ4v) is 1.99. The molecule has 114 valence electrons. The molecule has 0 aliphatic heterocycles. The minimum Gasteiger partial charge on any atom is -0.423 e. The molecular weight excluding hydrogens is 329 g/mol. The molecule has 1 unspecified atom stereocenters. The number of rotatable bonds is 5. The Morgan fingerprint density at radius 2 is 1.86 bits per heavy atom. The van der Waals surface area contributed by atoms with E-state index in [1.54, 1.807) is 24.3 Å². The number of hydrogen-bond acceptors (Lipinski definition) is 7. The second-order valence-electron chi connectivity index (χ2n) is 3.42. The van der Waals surface area contributed by atoms with Gasteiger partial charge in [-0.05, 0) is 24.3 Å². The average Bonchev–Trinajstić information content (AvgIpc) is 2.31. The van der Waals surface area contributed by atoms with Crippen LogP contribution in [0.25, 0.3) is 0 Å². The number of anilines is 1. The zero-order valence-corrected chi connectivity index (χ0v) is 15.4. The van der Waals surface area contributed by atoms with Crippen molar-refractivity contribution in [3.8, 4) is 0 Å². The van der Waals surface area contributed by atoms with Crippen molar-refractivity contribution in [2.45, 2.75) is 12.2 Å². The Balaban J connectivity index is 0. The molecule has 0 amide bonds. The van der Waals surface area contributed by atoms with E-state index in [1.807, 2.05) is 0 Å². The van der Waals surface area contributed by atoms with Crippen molar-refractivity contribution in [3.05, 3.63) is 42.5 Å². The van der Waals surface area contributed by atoms with E-state index in [0.29, 0.717) is 11.3 Å². The molecule has 10 heteroatoms. The quantitative estimate of drug-likeness (QED) is 0.222. The van der Waals surface area contributed by atoms with Gasteiger partial charge in [0.15, 0.2) is 0 Å². The number of benzene rings is 1. The molecule has 1 aromatic carbocycles. The SMILES string of the molecule is C=CC(c1ccc(N)cc1)[S-](=O)=O.CCOS(=O)(=O)O.[Na+]. The first-order valence-electron chi connectivity index (χ1n) is 5.39. The molecule has 0 heterocycles. The largest absolute Gasteiger partial charge is 1.00 e. The standard InChI is InChI=1S/C9H10NO2S.C2H6O4S.Na/c1-2-9(13(11)12)7-3-5-8(10)6-4-7;1-2-6-7(3,4)5;/h2-6,9H,1,10H2;2H2,1H3,(H,3,4,5);/q-1;;+1. The molecule has 0 radical (unpaired) electrons. The third kappa shape index (κ3) is 10.9. The van der Waals surface area contributed by atoms with Crippen molar-refractivity contribution in [3.63, 3.8) is 0 Å². The van der Waals surface area contributed by atoms with Gasteiger partial charge in [0.1, 0.15) is 0 Å². The molecule has 0 saturated carbocycles. The topological polar surface area (TPSA) is 124 Å². The summed E-state index contributed by atoms with van der Waals surface area (Å²) in [5, 5.41) is -0.652. The van der Waals surface area contributed by atoms with Gasteiger partial charge in [0, 0.05) is 5.69 Å². The van der Waals surface area contributed by atoms with Gasteiger partial charge in [-0.15, -0.1) is 6.58 Å². The van der Waals surface area contributed by atoms with Crippen molar-refractivity contribution in [2.24, 2.45) is 0 Å². The van der Waals surface area contributed by atoms with E-state index < -0.39 is 26.4 Å². The van der Waals surface area contributed by atoms with Crippen LogP contribution in [-0.2, 0) is 33.7 Å². The van der Waals surface area contributed by atoms with E-state index in [-0.39, 0.29) is 36.2 Å². The van der Waals surface area contributed by atoms with E-state index in [1.165, 1.54) is 13.0 Å². The van der Waals surface area contributed by atoms with Gasteiger partial charge in [0.25, 0.3) is 0 Å². The molecule has 0 fully saturated rings. The van der Waals surface area contributed by atoms with Crippen LogP contribution in [0.1, 0.15) is 17.7 Å². The predicted molar refractivity (Wildman–Crippen MR) is 75.7 cm³/mol. The summed E-state index contributed by atoms with van der Waals surface area (Å²) in [4.78, 5) is 0. The minimum atomic E-state index is -4.17. The Labute approximate surface area is 148 Å². The van der Waals surface area contributed by atoms with E-state index in [0.717, 1.165) is 0 Å². The molecule has 0 aliphatic rings. The first kappa shape index (κ1) is 22.9. The molecule has 7 nitrogen and oxygen atoms in total. The van der Waals surface area contributed by atoms with Gasteiger partial charge in [-0.2, -0.15) is 8.42 Å². The molecule has 1 rings (SSSR count). The van der Waals surface area contributed by atoms with Gasteiger partial charge in [-0.1, -0.05) is 34.5 Å². The van der Waals surface area contributed by atoms with Crippen molar-refractivity contribution >= 4 is 26.8 Å². The summed E-state index contributed by atoms with van der Waals surface area (Å²) >= 11 is 0. The van der Waals surface area contributed by atoms with E-state index >= 15 is 0 Å². The van der Waals surface area contributed by atoms with Crippen LogP contribution in [0.5, 0.6) is 0 Å². The van der Waals surface area contributed by atoms with Crippen LogP contribution in [0.3, 0.4) is 0 Å². The van der Waals surface area contributed by atoms with Gasteiger partial charge in [-0.25, -0.2) is 4.18 Å². The summed E-state index contributed by atoms with van der Waals surface area (Å²) in [5.74, 6) is 0. The van der Waals surface area contributed by atoms with Crippen LogP contribution < -0.4 is 35.3 Å². The maximum atomic E-state index is 10.7. The summed E-state index contributed by atoms with van der Waals surface area (Å²) in [6.45, 7) is 4.89. The Morgan fingerprint density at radius 3 is 2.10 bits per heavy atom. The summed E-state index contributed by atoms with van der Waals surface area (Å²) in [6, 6.07) is 6.69. The molecule has 0 aliphatic carbocycles. The Morgan fingerprint density at radius 1 is 1.38 bits per heavy atom. The number of nitrogen functional groups attached to an aromatic ring is 1. The second kappa shape index (κ2) is 11.2. The smallest absolute Gasteiger partial charge is 0.423 e. The number of nitrogens with two attached hydrogens (primary N) is 1. The molecule has 0 bridgehead atoms. The summed E-state index contributed by atoms with van der Waals surface area (Å²) in [7, 11) is -6.34. The van der Waals surface area contributed by atoms with Crippen molar-refractivity contribution in [2.75, 3.05) is 12.3 Å². The van der Waals surface area contributed by atoms with Crippen molar-refractivity contribution in [1.82, 2.24) is 0 Å². The maximum absolute atomic E-state index is 10.7. The summed E-state index contributed by atoms with van der Waals surface area (Å²) in [5.41, 5.74) is 6.76.